The van der Waals surface area contributed by atoms with E-state index in [2.05, 4.69) is 26.1 Å². The lowest BCUT2D eigenvalue weighted by Gasteiger charge is -2.39. The van der Waals surface area contributed by atoms with Crippen LogP contribution in [0.5, 0.6) is 0 Å². The standard InChI is InChI=1S/C20H27N5O2/c1-13-10-19(22-12-21-13)25(16-4-5-16)17-6-8-24(9-7-17)20(26)11-18-14(2)23-27-15(18)3/h10,12,16-17H,4-9,11H2,1-3H3. The number of anilines is 1. The quantitative estimate of drug-likeness (QED) is 0.806. The molecule has 0 atom stereocenters. The molecule has 2 aromatic rings. The Morgan fingerprint density at radius 1 is 1.15 bits per heavy atom. The maximum Gasteiger partial charge on any atom is 0.227 e. The first-order chi connectivity index (χ1) is 13.0. The molecule has 1 aliphatic heterocycles. The van der Waals surface area contributed by atoms with Crippen LogP contribution in [0.1, 0.15) is 48.4 Å². The van der Waals surface area contributed by atoms with E-state index in [1.807, 2.05) is 25.7 Å². The van der Waals surface area contributed by atoms with Crippen LogP contribution in [-0.4, -0.2) is 51.1 Å². The molecule has 2 aliphatic rings. The summed E-state index contributed by atoms with van der Waals surface area (Å²) in [5.74, 6) is 1.94. The normalized spacial score (nSPS) is 18.0. The Balaban J connectivity index is 1.40. The molecule has 1 saturated heterocycles. The third-order valence-corrected chi connectivity index (χ3v) is 5.71. The Kier molecular flexibility index (Phi) is 4.85. The van der Waals surface area contributed by atoms with Crippen molar-refractivity contribution in [1.29, 1.82) is 0 Å². The van der Waals surface area contributed by atoms with E-state index < -0.39 is 0 Å². The highest BCUT2D eigenvalue weighted by atomic mass is 16.5. The Bertz CT molecular complexity index is 802. The molecule has 4 rings (SSSR count). The van der Waals surface area contributed by atoms with Gasteiger partial charge in [0.15, 0.2) is 0 Å². The van der Waals surface area contributed by atoms with E-state index in [1.54, 1.807) is 6.33 Å². The van der Waals surface area contributed by atoms with Crippen molar-refractivity contribution >= 4 is 11.7 Å². The van der Waals surface area contributed by atoms with Crippen molar-refractivity contribution < 1.29 is 9.32 Å². The Morgan fingerprint density at radius 2 is 1.85 bits per heavy atom. The van der Waals surface area contributed by atoms with Gasteiger partial charge in [-0.05, 0) is 46.5 Å². The highest BCUT2D eigenvalue weighted by Crippen LogP contribution is 2.35. The number of aromatic nitrogens is 3. The number of rotatable bonds is 5. The Morgan fingerprint density at radius 3 is 2.44 bits per heavy atom. The molecule has 27 heavy (non-hydrogen) atoms. The van der Waals surface area contributed by atoms with E-state index in [-0.39, 0.29) is 5.91 Å². The van der Waals surface area contributed by atoms with Gasteiger partial charge in [0, 0.05) is 42.5 Å². The van der Waals surface area contributed by atoms with Gasteiger partial charge in [0.05, 0.1) is 12.1 Å². The summed E-state index contributed by atoms with van der Waals surface area (Å²) in [6, 6.07) is 3.11. The molecular weight excluding hydrogens is 342 g/mol. The summed E-state index contributed by atoms with van der Waals surface area (Å²) in [4.78, 5) is 25.9. The van der Waals surface area contributed by atoms with Crippen LogP contribution in [0.15, 0.2) is 16.9 Å². The zero-order valence-electron chi connectivity index (χ0n) is 16.3. The number of hydrogen-bond donors (Lipinski definition) is 0. The van der Waals surface area contributed by atoms with Gasteiger partial charge in [-0.25, -0.2) is 9.97 Å². The van der Waals surface area contributed by atoms with Gasteiger partial charge in [0.25, 0.3) is 0 Å². The minimum atomic E-state index is 0.165. The number of likely N-dealkylation sites (tertiary alicyclic amines) is 1. The molecule has 2 aromatic heterocycles. The van der Waals surface area contributed by atoms with E-state index in [4.69, 9.17) is 4.52 Å². The monoisotopic (exact) mass is 369 g/mol. The zero-order chi connectivity index (χ0) is 19.0. The van der Waals surface area contributed by atoms with Crippen LogP contribution >= 0.6 is 0 Å². The maximum atomic E-state index is 12.7. The smallest absolute Gasteiger partial charge is 0.227 e. The predicted molar refractivity (Wildman–Crippen MR) is 102 cm³/mol. The first-order valence-corrected chi connectivity index (χ1v) is 9.79. The third kappa shape index (κ3) is 3.82. The van der Waals surface area contributed by atoms with Gasteiger partial charge in [-0.2, -0.15) is 0 Å². The van der Waals surface area contributed by atoms with Crippen LogP contribution in [-0.2, 0) is 11.2 Å². The number of aryl methyl sites for hydroxylation is 3. The molecule has 2 fully saturated rings. The highest BCUT2D eigenvalue weighted by molar-refractivity contribution is 5.79. The molecule has 0 unspecified atom stereocenters. The number of nitrogens with zero attached hydrogens (tertiary/aromatic N) is 5. The van der Waals surface area contributed by atoms with Crippen molar-refractivity contribution in [2.75, 3.05) is 18.0 Å². The fourth-order valence-electron chi connectivity index (χ4n) is 4.02. The van der Waals surface area contributed by atoms with Crippen LogP contribution < -0.4 is 4.90 Å². The first kappa shape index (κ1) is 17.9. The zero-order valence-corrected chi connectivity index (χ0v) is 16.3. The lowest BCUT2D eigenvalue weighted by molar-refractivity contribution is -0.131. The van der Waals surface area contributed by atoms with Crippen molar-refractivity contribution in [3.05, 3.63) is 35.1 Å². The van der Waals surface area contributed by atoms with Gasteiger partial charge in [0.2, 0.25) is 5.91 Å². The molecular formula is C20H27N5O2. The SMILES string of the molecule is Cc1cc(N(C2CC2)C2CCN(C(=O)Cc3c(C)noc3C)CC2)ncn1. The van der Waals surface area contributed by atoms with Gasteiger partial charge in [0.1, 0.15) is 17.9 Å². The number of hydrogen-bond acceptors (Lipinski definition) is 6. The van der Waals surface area contributed by atoms with Crippen LogP contribution in [0, 0.1) is 20.8 Å². The van der Waals surface area contributed by atoms with E-state index >= 15 is 0 Å². The molecule has 1 amide bonds. The van der Waals surface area contributed by atoms with Gasteiger partial charge in [-0.15, -0.1) is 0 Å². The molecule has 3 heterocycles. The molecule has 7 heteroatoms. The second-order valence-electron chi connectivity index (χ2n) is 7.75. The summed E-state index contributed by atoms with van der Waals surface area (Å²) in [6.45, 7) is 7.35. The molecule has 1 aliphatic carbocycles. The predicted octanol–water partition coefficient (Wildman–Crippen LogP) is 2.59. The highest BCUT2D eigenvalue weighted by Gasteiger charge is 2.37. The molecule has 1 saturated carbocycles. The minimum Gasteiger partial charge on any atom is -0.361 e. The molecule has 0 aromatic carbocycles. The van der Waals surface area contributed by atoms with Crippen LogP contribution in [0.2, 0.25) is 0 Å². The maximum absolute atomic E-state index is 12.7. The van der Waals surface area contributed by atoms with Crippen molar-refractivity contribution in [2.24, 2.45) is 0 Å². The lowest BCUT2D eigenvalue weighted by atomic mass is 10.0. The summed E-state index contributed by atoms with van der Waals surface area (Å²) in [5, 5.41) is 3.95. The average molecular weight is 369 g/mol. The number of carbonyl (C=O) groups excluding carboxylic acids is 1. The Hall–Kier alpha value is -2.44. The first-order valence-electron chi connectivity index (χ1n) is 9.79. The second-order valence-corrected chi connectivity index (χ2v) is 7.75. The van der Waals surface area contributed by atoms with E-state index in [1.165, 1.54) is 12.8 Å². The summed E-state index contributed by atoms with van der Waals surface area (Å²) < 4.78 is 5.18. The lowest BCUT2D eigenvalue weighted by Crippen LogP contribution is -2.48. The van der Waals surface area contributed by atoms with Gasteiger partial charge >= 0.3 is 0 Å². The van der Waals surface area contributed by atoms with Crippen molar-refractivity contribution in [3.8, 4) is 0 Å². The summed E-state index contributed by atoms with van der Waals surface area (Å²) in [7, 11) is 0. The van der Waals surface area contributed by atoms with Gasteiger partial charge in [-0.3, -0.25) is 4.79 Å². The van der Waals surface area contributed by atoms with Crippen molar-refractivity contribution in [1.82, 2.24) is 20.0 Å². The number of carbonyl (C=O) groups is 1. The van der Waals surface area contributed by atoms with E-state index in [0.717, 1.165) is 54.5 Å². The molecule has 0 bridgehead atoms. The largest absolute Gasteiger partial charge is 0.361 e. The van der Waals surface area contributed by atoms with Gasteiger partial charge in [-0.1, -0.05) is 5.16 Å². The fraction of sp³-hybridized carbons (Fsp3) is 0.600. The summed E-state index contributed by atoms with van der Waals surface area (Å²) >= 11 is 0. The third-order valence-electron chi connectivity index (χ3n) is 5.71. The average Bonchev–Trinajstić information content (AvgIpc) is 3.44. The fourth-order valence-corrected chi connectivity index (χ4v) is 4.02. The number of amides is 1. The minimum absolute atomic E-state index is 0.165. The van der Waals surface area contributed by atoms with Crippen LogP contribution in [0.3, 0.4) is 0 Å². The molecule has 7 nitrogen and oxygen atoms in total. The van der Waals surface area contributed by atoms with Crippen LogP contribution in [0.25, 0.3) is 0 Å². The van der Waals surface area contributed by atoms with Crippen LogP contribution in [0.4, 0.5) is 5.82 Å². The summed E-state index contributed by atoms with van der Waals surface area (Å²) in [6.07, 6.45) is 6.45. The second kappa shape index (κ2) is 7.29. The molecule has 0 radical (unpaired) electrons. The van der Waals surface area contributed by atoms with Crippen molar-refractivity contribution in [2.45, 2.75) is 65.0 Å². The van der Waals surface area contributed by atoms with E-state index in [0.29, 0.717) is 18.5 Å². The molecule has 0 spiro atoms. The number of piperidine rings is 1. The molecule has 0 N–H and O–H groups in total. The van der Waals surface area contributed by atoms with E-state index in [9.17, 15) is 4.79 Å². The summed E-state index contributed by atoms with van der Waals surface area (Å²) in [5.41, 5.74) is 2.74. The topological polar surface area (TPSA) is 75.4 Å². The van der Waals surface area contributed by atoms with Gasteiger partial charge < -0.3 is 14.3 Å². The Labute approximate surface area is 159 Å². The molecule has 144 valence electrons. The van der Waals surface area contributed by atoms with Crippen molar-refractivity contribution in [3.63, 3.8) is 0 Å².